The van der Waals surface area contributed by atoms with Gasteiger partial charge in [0.1, 0.15) is 5.69 Å². The summed E-state index contributed by atoms with van der Waals surface area (Å²) in [4.78, 5) is 21.2. The molecule has 0 aromatic carbocycles. The maximum atomic E-state index is 12.7. The molecule has 1 aromatic rings. The molecule has 1 amide bonds. The minimum atomic E-state index is -0.0304. The zero-order chi connectivity index (χ0) is 15.9. The summed E-state index contributed by atoms with van der Waals surface area (Å²) in [6, 6.07) is 3.51. The van der Waals surface area contributed by atoms with E-state index in [2.05, 4.69) is 9.88 Å². The van der Waals surface area contributed by atoms with Crippen molar-refractivity contribution in [2.45, 2.75) is 45.6 Å². The van der Waals surface area contributed by atoms with Crippen molar-refractivity contribution in [3.05, 3.63) is 24.0 Å². The third kappa shape index (κ3) is 4.70. The number of carbonyl (C=O) groups excluding carboxylic acids is 1. The van der Waals surface area contributed by atoms with Crippen LogP contribution in [0.15, 0.2) is 18.3 Å². The number of nitrogen functional groups attached to an aromatic ring is 1. The highest BCUT2D eigenvalue weighted by Gasteiger charge is 2.21. The van der Waals surface area contributed by atoms with Gasteiger partial charge in [-0.2, -0.15) is 0 Å². The Bertz CT molecular complexity index is 481. The van der Waals surface area contributed by atoms with Crippen molar-refractivity contribution in [1.29, 1.82) is 0 Å². The van der Waals surface area contributed by atoms with E-state index >= 15 is 0 Å². The number of likely N-dealkylation sites (tertiary alicyclic amines) is 1. The fraction of sp³-hybridized carbons (Fsp3) is 0.647. The number of carbonyl (C=O) groups is 1. The molecular weight excluding hydrogens is 276 g/mol. The second-order valence-electron chi connectivity index (χ2n) is 6.32. The van der Waals surface area contributed by atoms with E-state index in [-0.39, 0.29) is 11.9 Å². The van der Waals surface area contributed by atoms with Gasteiger partial charge in [0.15, 0.2) is 0 Å². The van der Waals surface area contributed by atoms with E-state index in [9.17, 15) is 4.79 Å². The summed E-state index contributed by atoms with van der Waals surface area (Å²) >= 11 is 0. The van der Waals surface area contributed by atoms with Gasteiger partial charge in [0.25, 0.3) is 5.91 Å². The molecule has 0 aliphatic carbocycles. The first-order valence-corrected chi connectivity index (χ1v) is 8.33. The van der Waals surface area contributed by atoms with Crippen LogP contribution in [0, 0.1) is 0 Å². The van der Waals surface area contributed by atoms with Crippen molar-refractivity contribution in [2.75, 3.05) is 31.9 Å². The molecule has 5 nitrogen and oxygen atoms in total. The monoisotopic (exact) mass is 304 g/mol. The summed E-state index contributed by atoms with van der Waals surface area (Å²) in [5.74, 6) is -0.0304. The molecule has 1 saturated heterocycles. The van der Waals surface area contributed by atoms with Gasteiger partial charge in [-0.1, -0.05) is 12.8 Å². The molecule has 1 aromatic heterocycles. The minimum absolute atomic E-state index is 0.0304. The fourth-order valence-corrected chi connectivity index (χ4v) is 2.91. The molecule has 1 aliphatic rings. The molecule has 2 N–H and O–H groups in total. The molecular formula is C17H28N4O. The molecule has 122 valence electrons. The topological polar surface area (TPSA) is 62.5 Å². The van der Waals surface area contributed by atoms with Crippen molar-refractivity contribution in [3.63, 3.8) is 0 Å². The maximum Gasteiger partial charge on any atom is 0.272 e. The Labute approximate surface area is 133 Å². The molecule has 5 heteroatoms. The van der Waals surface area contributed by atoms with Gasteiger partial charge < -0.3 is 15.5 Å². The highest BCUT2D eigenvalue weighted by atomic mass is 16.2. The summed E-state index contributed by atoms with van der Waals surface area (Å²) < 4.78 is 0. The Morgan fingerprint density at radius 1 is 1.32 bits per heavy atom. The van der Waals surface area contributed by atoms with E-state index < -0.39 is 0 Å². The normalized spacial score (nSPS) is 16.5. The molecule has 0 saturated carbocycles. The first-order valence-electron chi connectivity index (χ1n) is 8.33. The van der Waals surface area contributed by atoms with Gasteiger partial charge in [0.05, 0.1) is 0 Å². The Kier molecular flexibility index (Phi) is 6.19. The number of aromatic nitrogens is 1. The minimum Gasteiger partial charge on any atom is -0.399 e. The fourth-order valence-electron chi connectivity index (χ4n) is 2.91. The second-order valence-corrected chi connectivity index (χ2v) is 6.32. The van der Waals surface area contributed by atoms with Crippen LogP contribution in [-0.2, 0) is 0 Å². The van der Waals surface area contributed by atoms with E-state index in [4.69, 9.17) is 5.73 Å². The van der Waals surface area contributed by atoms with Crippen molar-refractivity contribution < 1.29 is 4.79 Å². The van der Waals surface area contributed by atoms with Crippen LogP contribution in [0.1, 0.15) is 50.0 Å². The molecule has 2 rings (SSSR count). The van der Waals surface area contributed by atoms with Crippen LogP contribution >= 0.6 is 0 Å². The quantitative estimate of drug-likeness (QED) is 0.907. The summed E-state index contributed by atoms with van der Waals surface area (Å²) in [5, 5.41) is 0. The average Bonchev–Trinajstić information content (AvgIpc) is 2.75. The molecule has 0 unspecified atom stereocenters. The first kappa shape index (κ1) is 16.7. The number of hydrogen-bond donors (Lipinski definition) is 1. The summed E-state index contributed by atoms with van der Waals surface area (Å²) in [6.45, 7) is 8.08. The van der Waals surface area contributed by atoms with Gasteiger partial charge in [-0.25, -0.2) is 0 Å². The number of anilines is 1. The molecule has 1 fully saturated rings. The lowest BCUT2D eigenvalue weighted by Crippen LogP contribution is -2.43. The molecule has 0 spiro atoms. The molecule has 0 atom stereocenters. The third-order valence-corrected chi connectivity index (χ3v) is 4.24. The van der Waals surface area contributed by atoms with Crippen LogP contribution in [0.25, 0.3) is 0 Å². The Hall–Kier alpha value is -1.62. The van der Waals surface area contributed by atoms with E-state index in [1.165, 1.54) is 25.7 Å². The number of nitrogens with two attached hydrogens (primary N) is 1. The van der Waals surface area contributed by atoms with Gasteiger partial charge >= 0.3 is 0 Å². The van der Waals surface area contributed by atoms with Gasteiger partial charge in [-0.05, 0) is 51.9 Å². The number of rotatable bonds is 5. The Balaban J connectivity index is 1.98. The third-order valence-electron chi connectivity index (χ3n) is 4.24. The van der Waals surface area contributed by atoms with Crippen molar-refractivity contribution in [3.8, 4) is 0 Å². The number of pyridine rings is 1. The maximum absolute atomic E-state index is 12.7. The van der Waals surface area contributed by atoms with Crippen LogP contribution in [-0.4, -0.2) is 52.9 Å². The molecule has 2 heterocycles. The van der Waals surface area contributed by atoms with E-state index in [0.29, 0.717) is 11.4 Å². The highest BCUT2D eigenvalue weighted by Crippen LogP contribution is 2.12. The van der Waals surface area contributed by atoms with Crippen molar-refractivity contribution in [2.24, 2.45) is 0 Å². The zero-order valence-corrected chi connectivity index (χ0v) is 13.8. The van der Waals surface area contributed by atoms with E-state index in [1.807, 2.05) is 18.7 Å². The van der Waals surface area contributed by atoms with Crippen LogP contribution in [0.4, 0.5) is 5.69 Å². The smallest absolute Gasteiger partial charge is 0.272 e. The van der Waals surface area contributed by atoms with Gasteiger partial charge in [-0.3, -0.25) is 9.78 Å². The van der Waals surface area contributed by atoms with Crippen LogP contribution in [0.3, 0.4) is 0 Å². The molecule has 22 heavy (non-hydrogen) atoms. The highest BCUT2D eigenvalue weighted by molar-refractivity contribution is 5.93. The summed E-state index contributed by atoms with van der Waals surface area (Å²) in [5.41, 5.74) is 6.78. The standard InChI is InChI=1S/C17H28N4O/c1-14(2)21(12-11-20-9-5-3-4-6-10-20)17(22)16-13-15(18)7-8-19-16/h7-8,13-14H,3-6,9-12H2,1-2H3,(H2,18,19). The lowest BCUT2D eigenvalue weighted by atomic mass is 10.2. The predicted octanol–water partition coefficient (Wildman–Crippen LogP) is 2.39. The van der Waals surface area contributed by atoms with Crippen LogP contribution in [0.2, 0.25) is 0 Å². The SMILES string of the molecule is CC(C)N(CCN1CCCCCC1)C(=O)c1cc(N)ccn1. The van der Waals surface area contributed by atoms with E-state index in [0.717, 1.165) is 26.2 Å². The summed E-state index contributed by atoms with van der Waals surface area (Å²) in [6.07, 6.45) is 6.79. The van der Waals surface area contributed by atoms with Crippen molar-refractivity contribution >= 4 is 11.6 Å². The largest absolute Gasteiger partial charge is 0.399 e. The van der Waals surface area contributed by atoms with Crippen molar-refractivity contribution in [1.82, 2.24) is 14.8 Å². The lowest BCUT2D eigenvalue weighted by Gasteiger charge is -2.29. The molecule has 1 aliphatic heterocycles. The average molecular weight is 304 g/mol. The Morgan fingerprint density at radius 3 is 2.59 bits per heavy atom. The lowest BCUT2D eigenvalue weighted by molar-refractivity contribution is 0.0676. The van der Waals surface area contributed by atoms with Gasteiger partial charge in [0, 0.05) is 31.0 Å². The zero-order valence-electron chi connectivity index (χ0n) is 13.8. The number of amides is 1. The van der Waals surface area contributed by atoms with Crippen LogP contribution in [0.5, 0.6) is 0 Å². The molecule has 0 radical (unpaired) electrons. The first-order chi connectivity index (χ1) is 10.6. The van der Waals surface area contributed by atoms with Crippen LogP contribution < -0.4 is 5.73 Å². The molecule has 0 bridgehead atoms. The summed E-state index contributed by atoms with van der Waals surface area (Å²) in [7, 11) is 0. The Morgan fingerprint density at radius 2 is 2.00 bits per heavy atom. The number of hydrogen-bond acceptors (Lipinski definition) is 4. The predicted molar refractivity (Wildman–Crippen MR) is 89.7 cm³/mol. The van der Waals surface area contributed by atoms with Gasteiger partial charge in [-0.15, -0.1) is 0 Å². The number of nitrogens with zero attached hydrogens (tertiary/aromatic N) is 3. The van der Waals surface area contributed by atoms with E-state index in [1.54, 1.807) is 18.3 Å². The second kappa shape index (κ2) is 8.13. The van der Waals surface area contributed by atoms with Gasteiger partial charge in [0.2, 0.25) is 0 Å².